The van der Waals surface area contributed by atoms with Crippen molar-refractivity contribution in [3.8, 4) is 0 Å². The van der Waals surface area contributed by atoms with Gasteiger partial charge < -0.3 is 5.32 Å². The predicted molar refractivity (Wildman–Crippen MR) is 57.3 cm³/mol. The molecule has 1 nitrogen and oxygen atoms in total. The van der Waals surface area contributed by atoms with Gasteiger partial charge in [-0.2, -0.15) is 24.5 Å². The highest BCUT2D eigenvalue weighted by Crippen LogP contribution is 2.23. The Labute approximate surface area is 91.3 Å². The topological polar surface area (TPSA) is 12.0 Å². The summed E-state index contributed by atoms with van der Waals surface area (Å²) < 4.78 is 35.6. The van der Waals surface area contributed by atoms with Crippen LogP contribution < -0.4 is 5.32 Å². The van der Waals surface area contributed by atoms with Gasteiger partial charge in [0.15, 0.2) is 0 Å². The molecule has 0 aliphatic heterocycles. The van der Waals surface area contributed by atoms with Gasteiger partial charge in [0.05, 0.1) is 0 Å². The number of halogens is 3. The van der Waals surface area contributed by atoms with E-state index in [0.29, 0.717) is 6.42 Å². The van der Waals surface area contributed by atoms with E-state index in [9.17, 15) is 13.2 Å². The highest BCUT2D eigenvalue weighted by atomic mass is 32.1. The molecule has 1 atom stereocenters. The SMILES string of the molecule is CC(CCCC(F)(F)F)Nc1ccsc1. The summed E-state index contributed by atoms with van der Waals surface area (Å²) in [5.41, 5.74) is 0.986. The average Bonchev–Trinajstić information content (AvgIpc) is 2.54. The Kier molecular flexibility index (Phi) is 4.45. The summed E-state index contributed by atoms with van der Waals surface area (Å²) >= 11 is 1.57. The molecule has 0 radical (unpaired) electrons. The van der Waals surface area contributed by atoms with Crippen LogP contribution in [-0.2, 0) is 0 Å². The molecule has 0 aliphatic carbocycles. The van der Waals surface area contributed by atoms with E-state index in [2.05, 4.69) is 5.32 Å². The van der Waals surface area contributed by atoms with Crippen molar-refractivity contribution in [1.82, 2.24) is 0 Å². The van der Waals surface area contributed by atoms with Crippen molar-refractivity contribution >= 4 is 17.0 Å². The Morgan fingerprint density at radius 2 is 2.20 bits per heavy atom. The van der Waals surface area contributed by atoms with Crippen molar-refractivity contribution in [3.05, 3.63) is 16.8 Å². The molecule has 0 aromatic carbocycles. The molecule has 5 heteroatoms. The first-order chi connectivity index (χ1) is 6.97. The minimum absolute atomic E-state index is 0.0851. The second-order valence-corrected chi connectivity index (χ2v) is 4.34. The molecule has 15 heavy (non-hydrogen) atoms. The lowest BCUT2D eigenvalue weighted by molar-refractivity contribution is -0.135. The van der Waals surface area contributed by atoms with Gasteiger partial charge in [-0.25, -0.2) is 0 Å². The van der Waals surface area contributed by atoms with Crippen molar-refractivity contribution < 1.29 is 13.2 Å². The number of alkyl halides is 3. The van der Waals surface area contributed by atoms with Crippen LogP contribution in [0.25, 0.3) is 0 Å². The molecule has 0 spiro atoms. The normalized spacial score (nSPS) is 13.9. The molecular weight excluding hydrogens is 223 g/mol. The van der Waals surface area contributed by atoms with Crippen LogP contribution in [0.2, 0.25) is 0 Å². The molecule has 1 heterocycles. The lowest BCUT2D eigenvalue weighted by Crippen LogP contribution is -2.16. The zero-order valence-electron chi connectivity index (χ0n) is 8.47. The van der Waals surface area contributed by atoms with Gasteiger partial charge in [-0.15, -0.1) is 0 Å². The van der Waals surface area contributed by atoms with Crippen LogP contribution in [0, 0.1) is 0 Å². The average molecular weight is 237 g/mol. The maximum absolute atomic E-state index is 11.9. The molecule has 0 saturated heterocycles. The van der Waals surface area contributed by atoms with Crippen LogP contribution in [0.15, 0.2) is 16.8 Å². The van der Waals surface area contributed by atoms with Crippen molar-refractivity contribution in [3.63, 3.8) is 0 Å². The molecule has 1 N–H and O–H groups in total. The van der Waals surface area contributed by atoms with E-state index >= 15 is 0 Å². The first-order valence-corrected chi connectivity index (χ1v) is 5.77. The number of rotatable bonds is 5. The van der Waals surface area contributed by atoms with Crippen LogP contribution in [0.1, 0.15) is 26.2 Å². The fraction of sp³-hybridized carbons (Fsp3) is 0.600. The highest BCUT2D eigenvalue weighted by Gasteiger charge is 2.26. The second-order valence-electron chi connectivity index (χ2n) is 3.56. The molecule has 0 bridgehead atoms. The molecule has 1 aromatic heterocycles. The third-order valence-corrected chi connectivity index (χ3v) is 2.71. The highest BCUT2D eigenvalue weighted by molar-refractivity contribution is 7.08. The summed E-state index contributed by atoms with van der Waals surface area (Å²) in [5, 5.41) is 7.03. The Balaban J connectivity index is 2.17. The van der Waals surface area contributed by atoms with Crippen molar-refractivity contribution in [1.29, 1.82) is 0 Å². The molecule has 0 amide bonds. The fourth-order valence-corrected chi connectivity index (χ4v) is 1.91. The lowest BCUT2D eigenvalue weighted by atomic mass is 10.1. The van der Waals surface area contributed by atoms with Crippen molar-refractivity contribution in [2.75, 3.05) is 5.32 Å². The predicted octanol–water partition coefficient (Wildman–Crippen LogP) is 4.28. The number of hydrogen-bond donors (Lipinski definition) is 1. The van der Waals surface area contributed by atoms with Gasteiger partial charge in [-0.3, -0.25) is 0 Å². The minimum Gasteiger partial charge on any atom is -0.382 e. The van der Waals surface area contributed by atoms with E-state index in [-0.39, 0.29) is 12.5 Å². The zero-order chi connectivity index (χ0) is 11.3. The maximum Gasteiger partial charge on any atom is 0.389 e. The summed E-state index contributed by atoms with van der Waals surface area (Å²) in [6.07, 6.45) is -4.00. The monoisotopic (exact) mass is 237 g/mol. The number of hydrogen-bond acceptors (Lipinski definition) is 2. The summed E-state index contributed by atoms with van der Waals surface area (Å²) in [7, 11) is 0. The van der Waals surface area contributed by atoms with Crippen LogP contribution in [0.4, 0.5) is 18.9 Å². The van der Waals surface area contributed by atoms with Gasteiger partial charge in [0.2, 0.25) is 0 Å². The Morgan fingerprint density at radius 1 is 1.47 bits per heavy atom. The molecular formula is C10H14F3NS. The third-order valence-electron chi connectivity index (χ3n) is 2.03. The van der Waals surface area contributed by atoms with Gasteiger partial charge in [0.1, 0.15) is 0 Å². The summed E-state index contributed by atoms with van der Waals surface area (Å²) in [4.78, 5) is 0. The van der Waals surface area contributed by atoms with E-state index in [1.54, 1.807) is 11.3 Å². The summed E-state index contributed by atoms with van der Waals surface area (Å²) in [6, 6.07) is 2.01. The van der Waals surface area contributed by atoms with E-state index in [1.807, 2.05) is 23.8 Å². The smallest absolute Gasteiger partial charge is 0.382 e. The lowest BCUT2D eigenvalue weighted by Gasteiger charge is -2.14. The molecule has 0 aliphatic rings. The molecule has 0 saturated carbocycles. The largest absolute Gasteiger partial charge is 0.389 e. The van der Waals surface area contributed by atoms with Gasteiger partial charge in [0, 0.05) is 23.5 Å². The quantitative estimate of drug-likeness (QED) is 0.805. The first kappa shape index (κ1) is 12.4. The Hall–Kier alpha value is -0.710. The maximum atomic E-state index is 11.9. The molecule has 0 fully saturated rings. The van der Waals surface area contributed by atoms with Crippen LogP contribution in [-0.4, -0.2) is 12.2 Å². The minimum atomic E-state index is -4.03. The van der Waals surface area contributed by atoms with Crippen LogP contribution in [0.3, 0.4) is 0 Å². The Morgan fingerprint density at radius 3 is 2.73 bits per heavy atom. The molecule has 1 aromatic rings. The van der Waals surface area contributed by atoms with Gasteiger partial charge >= 0.3 is 6.18 Å². The standard InChI is InChI=1S/C10H14F3NS/c1-8(3-2-5-10(11,12)13)14-9-4-6-15-7-9/h4,6-8,14H,2-3,5H2,1H3. The third kappa shape index (κ3) is 5.67. The zero-order valence-corrected chi connectivity index (χ0v) is 9.29. The summed E-state index contributed by atoms with van der Waals surface area (Å²) in [6.45, 7) is 1.90. The molecule has 86 valence electrons. The number of anilines is 1. The van der Waals surface area contributed by atoms with Gasteiger partial charge in [0.25, 0.3) is 0 Å². The first-order valence-electron chi connectivity index (χ1n) is 4.83. The van der Waals surface area contributed by atoms with Crippen molar-refractivity contribution in [2.45, 2.75) is 38.4 Å². The molecule has 1 rings (SSSR count). The number of thiophene rings is 1. The van der Waals surface area contributed by atoms with Gasteiger partial charge in [-0.1, -0.05) is 0 Å². The number of nitrogens with one attached hydrogen (secondary N) is 1. The van der Waals surface area contributed by atoms with E-state index in [1.165, 1.54) is 0 Å². The Bertz CT molecular complexity index is 269. The molecule has 1 unspecified atom stereocenters. The van der Waals surface area contributed by atoms with E-state index in [0.717, 1.165) is 5.69 Å². The van der Waals surface area contributed by atoms with Crippen LogP contribution >= 0.6 is 11.3 Å². The van der Waals surface area contributed by atoms with Crippen LogP contribution in [0.5, 0.6) is 0 Å². The van der Waals surface area contributed by atoms with E-state index in [4.69, 9.17) is 0 Å². The van der Waals surface area contributed by atoms with Crippen molar-refractivity contribution in [2.24, 2.45) is 0 Å². The van der Waals surface area contributed by atoms with E-state index < -0.39 is 12.6 Å². The fourth-order valence-electron chi connectivity index (χ4n) is 1.31. The summed E-state index contributed by atoms with van der Waals surface area (Å²) in [5.74, 6) is 0. The van der Waals surface area contributed by atoms with Gasteiger partial charge in [-0.05, 0) is 31.2 Å². The second kappa shape index (κ2) is 5.39.